The average molecular weight is 593 g/mol. The highest BCUT2D eigenvalue weighted by Gasteiger charge is 2.30. The Hall–Kier alpha value is -3.38. The third-order valence-corrected chi connectivity index (χ3v) is 7.17. The van der Waals surface area contributed by atoms with Gasteiger partial charge in [-0.2, -0.15) is 4.98 Å². The van der Waals surface area contributed by atoms with Crippen LogP contribution in [0.2, 0.25) is 0 Å². The van der Waals surface area contributed by atoms with Gasteiger partial charge in [-0.1, -0.05) is 25.9 Å². The molecule has 1 N–H and O–H groups in total. The van der Waals surface area contributed by atoms with Crippen LogP contribution in [0.5, 0.6) is 0 Å². The maximum atomic E-state index is 13.2. The van der Waals surface area contributed by atoms with Crippen LogP contribution in [-0.4, -0.2) is 75.7 Å². The monoisotopic (exact) mass is 592 g/mol. The summed E-state index contributed by atoms with van der Waals surface area (Å²) in [6.45, 7) is 11.8. The van der Waals surface area contributed by atoms with E-state index in [2.05, 4.69) is 34.7 Å². The van der Waals surface area contributed by atoms with E-state index in [0.717, 1.165) is 76.1 Å². The van der Waals surface area contributed by atoms with Gasteiger partial charge in [-0.05, 0) is 62.2 Å². The van der Waals surface area contributed by atoms with Crippen molar-refractivity contribution in [2.45, 2.75) is 65.5 Å². The van der Waals surface area contributed by atoms with Gasteiger partial charge < -0.3 is 19.2 Å². The second-order valence-electron chi connectivity index (χ2n) is 9.41. The van der Waals surface area contributed by atoms with Crippen molar-refractivity contribution in [3.63, 3.8) is 0 Å². The van der Waals surface area contributed by atoms with Crippen LogP contribution < -0.4 is 14.6 Å². The minimum Gasteiger partial charge on any atom is -0.339 e. The van der Waals surface area contributed by atoms with E-state index in [-0.39, 0.29) is 18.0 Å². The Bertz CT molecular complexity index is 1170. The van der Waals surface area contributed by atoms with Gasteiger partial charge in [-0.25, -0.2) is 23.6 Å². The van der Waals surface area contributed by atoms with E-state index < -0.39 is 11.6 Å². The average Bonchev–Trinajstić information content (AvgIpc) is 3.71. The highest BCUT2D eigenvalue weighted by Crippen LogP contribution is 2.23. The lowest BCUT2D eigenvalue weighted by molar-refractivity contribution is 0.0661. The number of carbonyl (C=O) groups is 1. The second-order valence-corrected chi connectivity index (χ2v) is 9.62. The van der Waals surface area contributed by atoms with Crippen molar-refractivity contribution in [3.05, 3.63) is 59.7 Å². The molecule has 0 saturated carbocycles. The molecule has 2 fully saturated rings. The van der Waals surface area contributed by atoms with Gasteiger partial charge in [0.15, 0.2) is 5.82 Å². The third-order valence-electron chi connectivity index (χ3n) is 6.87. The van der Waals surface area contributed by atoms with E-state index in [0.29, 0.717) is 29.9 Å². The third kappa shape index (κ3) is 8.80. The maximum absolute atomic E-state index is 13.2. The van der Waals surface area contributed by atoms with Crippen molar-refractivity contribution in [1.29, 1.82) is 0 Å². The molecule has 5 rings (SSSR count). The van der Waals surface area contributed by atoms with Crippen LogP contribution in [0.15, 0.2) is 41.2 Å². The number of benzene rings is 1. The number of hydrogen-bond donors (Lipinski definition) is 1. The number of nitrogens with one attached hydrogen (secondary N) is 1. The fourth-order valence-electron chi connectivity index (χ4n) is 4.67. The summed E-state index contributed by atoms with van der Waals surface area (Å²) in [6.07, 6.45) is 6.66. The molecular formula is C28H39ClF2N8O2. The highest BCUT2D eigenvalue weighted by molar-refractivity contribution is 6.13. The summed E-state index contributed by atoms with van der Waals surface area (Å²) in [5, 5.41) is 3.97. The van der Waals surface area contributed by atoms with Gasteiger partial charge in [0.05, 0.1) is 5.56 Å². The Kier molecular flexibility index (Phi) is 12.7. The number of aryl methyl sites for hydroxylation is 1. The topological polar surface area (TPSA) is 104 Å². The number of rotatable bonds is 7. The molecule has 2 aromatic heterocycles. The van der Waals surface area contributed by atoms with Gasteiger partial charge in [0.2, 0.25) is 5.95 Å². The minimum absolute atomic E-state index is 0.0275. The molecule has 1 unspecified atom stereocenters. The molecule has 2 aliphatic rings. The van der Waals surface area contributed by atoms with Gasteiger partial charge in [0.1, 0.15) is 11.6 Å². The van der Waals surface area contributed by atoms with Gasteiger partial charge in [-0.3, -0.25) is 4.79 Å². The van der Waals surface area contributed by atoms with Crippen LogP contribution in [0.4, 0.5) is 20.7 Å². The van der Waals surface area contributed by atoms with E-state index >= 15 is 0 Å². The molecule has 0 aliphatic carbocycles. The normalized spacial score (nSPS) is 16.9. The summed E-state index contributed by atoms with van der Waals surface area (Å²) in [7, 11) is 0. The lowest BCUT2D eigenvalue weighted by atomic mass is 10.0. The molecule has 13 heteroatoms. The van der Waals surface area contributed by atoms with Gasteiger partial charge >= 0.3 is 6.01 Å². The summed E-state index contributed by atoms with van der Waals surface area (Å²) in [4.78, 5) is 35.3. The fourth-order valence-corrected chi connectivity index (χ4v) is 4.85. The van der Waals surface area contributed by atoms with Crippen LogP contribution in [0, 0.1) is 11.6 Å². The van der Waals surface area contributed by atoms with Crippen LogP contribution in [0.25, 0.3) is 0 Å². The molecular weight excluding hydrogens is 554 g/mol. The molecule has 3 aromatic rings. The number of hydrogen-bond acceptors (Lipinski definition) is 9. The molecule has 4 heterocycles. The predicted octanol–water partition coefficient (Wildman–Crippen LogP) is 4.87. The molecule has 0 bridgehead atoms. The van der Waals surface area contributed by atoms with Crippen LogP contribution in [0.1, 0.15) is 63.1 Å². The van der Waals surface area contributed by atoms with Crippen LogP contribution >= 0.6 is 11.8 Å². The summed E-state index contributed by atoms with van der Waals surface area (Å²) in [5.41, 5.74) is 0.517. The maximum Gasteiger partial charge on any atom is 0.324 e. The van der Waals surface area contributed by atoms with Crippen LogP contribution in [0.3, 0.4) is 0 Å². The summed E-state index contributed by atoms with van der Waals surface area (Å²) < 4.78 is 29.2. The molecule has 224 valence electrons. The first kappa shape index (κ1) is 32.1. The summed E-state index contributed by atoms with van der Waals surface area (Å²) in [5.74, 6) is 0.501. The molecule has 2 saturated heterocycles. The Balaban J connectivity index is 0.000000394. The zero-order valence-corrected chi connectivity index (χ0v) is 24.8. The largest absolute Gasteiger partial charge is 0.339 e. The summed E-state index contributed by atoms with van der Waals surface area (Å²) in [6, 6.07) is 5.28. The number of carbonyl (C=O) groups excluding carboxylic acids is 1. The van der Waals surface area contributed by atoms with E-state index in [1.165, 1.54) is 0 Å². The minimum atomic E-state index is -0.411. The van der Waals surface area contributed by atoms with Gasteiger partial charge in [-0.15, -0.1) is 0 Å². The molecule has 2 aliphatic heterocycles. The van der Waals surface area contributed by atoms with Gasteiger partial charge in [0.25, 0.3) is 5.91 Å². The van der Waals surface area contributed by atoms with Gasteiger partial charge in [0, 0.05) is 63.6 Å². The molecule has 1 aromatic carbocycles. The smallest absolute Gasteiger partial charge is 0.324 e. The highest BCUT2D eigenvalue weighted by atomic mass is 35.5. The molecule has 41 heavy (non-hydrogen) atoms. The Morgan fingerprint density at radius 1 is 1.02 bits per heavy atom. The molecule has 0 spiro atoms. The first-order valence-electron chi connectivity index (χ1n) is 14.1. The first-order valence-corrected chi connectivity index (χ1v) is 14.5. The number of nitrogens with zero attached hydrogens (tertiary/aromatic N) is 7. The number of piperidine rings is 1. The Labute approximate surface area is 245 Å². The van der Waals surface area contributed by atoms with E-state index in [1.807, 2.05) is 32.6 Å². The number of aromatic nitrogens is 4. The number of anilines is 2. The Morgan fingerprint density at radius 2 is 1.61 bits per heavy atom. The van der Waals surface area contributed by atoms with Crippen molar-refractivity contribution in [1.82, 2.24) is 29.8 Å². The standard InChI is InChI=1S/C20H29ClN8O2.C6H4F2.C2H6/c1-3-17-24-20(31-26-17)27-9-6-16(7-10-27)29(4-2)18(30)14-11-22-19(23-12-14)28-8-5-15(13-28)25-21;7-5-1-2-6(8)4-3-5;1-2/h11-12,15-16,25H,3-10,13H2,1-2H3;1-4H;1-2H3. The van der Waals surface area contributed by atoms with Crippen molar-refractivity contribution >= 4 is 29.6 Å². The predicted molar refractivity (Wildman–Crippen MR) is 155 cm³/mol. The second kappa shape index (κ2) is 16.2. The molecule has 0 radical (unpaired) electrons. The van der Waals surface area contributed by atoms with E-state index in [4.69, 9.17) is 16.3 Å². The fraction of sp³-hybridized carbons (Fsp3) is 0.536. The Morgan fingerprint density at radius 3 is 2.10 bits per heavy atom. The quantitative estimate of drug-likeness (QED) is 0.385. The van der Waals surface area contributed by atoms with Crippen LogP contribution in [-0.2, 0) is 6.42 Å². The van der Waals surface area contributed by atoms with Crippen molar-refractivity contribution < 1.29 is 18.1 Å². The molecule has 10 nitrogen and oxygen atoms in total. The molecule has 1 amide bonds. The lowest BCUT2D eigenvalue weighted by Crippen LogP contribution is -2.47. The van der Waals surface area contributed by atoms with E-state index in [1.54, 1.807) is 12.4 Å². The van der Waals surface area contributed by atoms with Crippen molar-refractivity contribution in [3.8, 4) is 0 Å². The zero-order chi connectivity index (χ0) is 29.8. The molecule has 1 atom stereocenters. The first-order chi connectivity index (χ1) is 19.9. The zero-order valence-electron chi connectivity index (χ0n) is 24.1. The lowest BCUT2D eigenvalue weighted by Gasteiger charge is -2.37. The van der Waals surface area contributed by atoms with E-state index in [9.17, 15) is 13.6 Å². The number of amides is 1. The number of halogens is 3. The van der Waals surface area contributed by atoms with Crippen molar-refractivity contribution in [2.24, 2.45) is 0 Å². The summed E-state index contributed by atoms with van der Waals surface area (Å²) >= 11 is 5.72. The SMILES string of the molecule is CC.CCc1noc(N2CCC(N(CC)C(=O)c3cnc(N4CCC(NCl)C4)nc3)CC2)n1.Fc1ccc(F)cc1. The van der Waals surface area contributed by atoms with Crippen molar-refractivity contribution in [2.75, 3.05) is 42.5 Å².